The second-order valence-corrected chi connectivity index (χ2v) is 6.32. The van der Waals surface area contributed by atoms with E-state index < -0.39 is 0 Å². The molecule has 1 N–H and O–H groups in total. The molecule has 1 saturated heterocycles. The van der Waals surface area contributed by atoms with Crippen molar-refractivity contribution in [1.29, 1.82) is 0 Å². The standard InChI is InChI=1S/C17H26ClNO/c1-4-12-20-15-7-6-14(18)16(13(15)5-2)17(3)8-10-19-11-9-17/h6-7,19H,4-5,8-12H2,1-3H3. The highest BCUT2D eigenvalue weighted by atomic mass is 35.5. The fraction of sp³-hybridized carbons (Fsp3) is 0.647. The third kappa shape index (κ3) is 3.12. The van der Waals surface area contributed by atoms with Gasteiger partial charge in [-0.05, 0) is 67.4 Å². The summed E-state index contributed by atoms with van der Waals surface area (Å²) >= 11 is 6.56. The van der Waals surface area contributed by atoms with Crippen LogP contribution in [0.2, 0.25) is 5.02 Å². The average molecular weight is 296 g/mol. The van der Waals surface area contributed by atoms with Crippen LogP contribution in [0, 0.1) is 0 Å². The number of rotatable bonds is 5. The van der Waals surface area contributed by atoms with Gasteiger partial charge in [-0.15, -0.1) is 0 Å². The normalized spacial score (nSPS) is 18.0. The zero-order valence-corrected chi connectivity index (χ0v) is 13.6. The summed E-state index contributed by atoms with van der Waals surface area (Å²) in [7, 11) is 0. The first-order valence-corrected chi connectivity index (χ1v) is 8.15. The van der Waals surface area contributed by atoms with Gasteiger partial charge in [0.25, 0.3) is 0 Å². The van der Waals surface area contributed by atoms with Crippen molar-refractivity contribution in [3.8, 4) is 5.75 Å². The molecule has 112 valence electrons. The molecule has 0 spiro atoms. The lowest BCUT2D eigenvalue weighted by molar-refractivity contribution is 0.306. The van der Waals surface area contributed by atoms with Crippen molar-refractivity contribution in [2.75, 3.05) is 19.7 Å². The monoisotopic (exact) mass is 295 g/mol. The average Bonchev–Trinajstić information content (AvgIpc) is 2.46. The summed E-state index contributed by atoms with van der Waals surface area (Å²) in [5, 5.41) is 4.34. The molecule has 1 aliphatic rings. The van der Waals surface area contributed by atoms with E-state index >= 15 is 0 Å². The summed E-state index contributed by atoms with van der Waals surface area (Å²) in [6.45, 7) is 9.57. The van der Waals surface area contributed by atoms with Gasteiger partial charge >= 0.3 is 0 Å². The molecule has 0 atom stereocenters. The van der Waals surface area contributed by atoms with Gasteiger partial charge in [0.15, 0.2) is 0 Å². The van der Waals surface area contributed by atoms with Crippen LogP contribution in [0.3, 0.4) is 0 Å². The summed E-state index contributed by atoms with van der Waals surface area (Å²) in [5.74, 6) is 1.02. The fourth-order valence-electron chi connectivity index (χ4n) is 3.18. The number of nitrogens with one attached hydrogen (secondary N) is 1. The van der Waals surface area contributed by atoms with Gasteiger partial charge in [-0.3, -0.25) is 0 Å². The number of piperidine rings is 1. The second-order valence-electron chi connectivity index (χ2n) is 5.91. The molecule has 0 aromatic heterocycles. The van der Waals surface area contributed by atoms with E-state index in [1.165, 1.54) is 11.1 Å². The predicted molar refractivity (Wildman–Crippen MR) is 86.1 cm³/mol. The molecular formula is C17H26ClNO. The first kappa shape index (κ1) is 15.7. The maximum Gasteiger partial charge on any atom is 0.122 e. The number of hydrogen-bond donors (Lipinski definition) is 1. The minimum absolute atomic E-state index is 0.166. The third-order valence-corrected chi connectivity index (χ3v) is 4.66. The van der Waals surface area contributed by atoms with Crippen molar-refractivity contribution >= 4 is 11.6 Å². The van der Waals surface area contributed by atoms with Gasteiger partial charge < -0.3 is 10.1 Å². The second kappa shape index (κ2) is 6.82. The van der Waals surface area contributed by atoms with E-state index in [9.17, 15) is 0 Å². The summed E-state index contributed by atoms with van der Waals surface area (Å²) in [5.41, 5.74) is 2.78. The SMILES string of the molecule is CCCOc1ccc(Cl)c(C2(C)CCNCC2)c1CC. The molecule has 20 heavy (non-hydrogen) atoms. The molecule has 0 radical (unpaired) electrons. The molecule has 1 aliphatic heterocycles. The van der Waals surface area contributed by atoms with Crippen LogP contribution in [0.1, 0.15) is 51.2 Å². The van der Waals surface area contributed by atoms with E-state index in [1.54, 1.807) is 0 Å². The van der Waals surface area contributed by atoms with Gasteiger partial charge in [-0.25, -0.2) is 0 Å². The van der Waals surface area contributed by atoms with E-state index in [2.05, 4.69) is 26.1 Å². The Bertz CT molecular complexity index is 453. The predicted octanol–water partition coefficient (Wildman–Crippen LogP) is 4.33. The van der Waals surface area contributed by atoms with Crippen LogP contribution in [0.25, 0.3) is 0 Å². The molecule has 0 amide bonds. The Balaban J connectivity index is 2.44. The highest BCUT2D eigenvalue weighted by Crippen LogP contribution is 2.42. The highest BCUT2D eigenvalue weighted by Gasteiger charge is 2.33. The van der Waals surface area contributed by atoms with E-state index in [0.29, 0.717) is 0 Å². The Morgan fingerprint density at radius 1 is 1.25 bits per heavy atom. The van der Waals surface area contributed by atoms with Crippen molar-refractivity contribution in [1.82, 2.24) is 5.32 Å². The quantitative estimate of drug-likeness (QED) is 0.873. The van der Waals surface area contributed by atoms with E-state index in [0.717, 1.165) is 56.2 Å². The van der Waals surface area contributed by atoms with Crippen molar-refractivity contribution in [2.24, 2.45) is 0 Å². The van der Waals surface area contributed by atoms with Crippen molar-refractivity contribution in [2.45, 2.75) is 51.9 Å². The molecule has 1 aromatic carbocycles. The maximum atomic E-state index is 6.56. The summed E-state index contributed by atoms with van der Waals surface area (Å²) in [4.78, 5) is 0. The molecule has 0 unspecified atom stereocenters. The molecular weight excluding hydrogens is 270 g/mol. The summed E-state index contributed by atoms with van der Waals surface area (Å²) < 4.78 is 5.93. The maximum absolute atomic E-state index is 6.56. The lowest BCUT2D eigenvalue weighted by Gasteiger charge is -2.37. The topological polar surface area (TPSA) is 21.3 Å². The molecule has 1 aromatic rings. The largest absolute Gasteiger partial charge is 0.493 e. The van der Waals surface area contributed by atoms with Crippen LogP contribution < -0.4 is 10.1 Å². The van der Waals surface area contributed by atoms with Crippen LogP contribution in [-0.2, 0) is 11.8 Å². The Morgan fingerprint density at radius 2 is 1.95 bits per heavy atom. The summed E-state index contributed by atoms with van der Waals surface area (Å²) in [6, 6.07) is 4.04. The van der Waals surface area contributed by atoms with Crippen LogP contribution >= 0.6 is 11.6 Å². The van der Waals surface area contributed by atoms with Gasteiger partial charge in [-0.2, -0.15) is 0 Å². The molecule has 2 rings (SSSR count). The lowest BCUT2D eigenvalue weighted by Crippen LogP contribution is -2.38. The Hall–Kier alpha value is -0.730. The van der Waals surface area contributed by atoms with Gasteiger partial charge in [0.05, 0.1) is 6.61 Å². The minimum atomic E-state index is 0.166. The Kier molecular flexibility index (Phi) is 5.34. The van der Waals surface area contributed by atoms with E-state index in [-0.39, 0.29) is 5.41 Å². The van der Waals surface area contributed by atoms with Crippen LogP contribution in [-0.4, -0.2) is 19.7 Å². The molecule has 2 nitrogen and oxygen atoms in total. The smallest absolute Gasteiger partial charge is 0.122 e. The highest BCUT2D eigenvalue weighted by molar-refractivity contribution is 6.31. The first-order chi connectivity index (χ1) is 9.62. The zero-order valence-electron chi connectivity index (χ0n) is 12.9. The lowest BCUT2D eigenvalue weighted by atomic mass is 9.72. The van der Waals surface area contributed by atoms with Crippen molar-refractivity contribution in [3.63, 3.8) is 0 Å². The fourth-order valence-corrected chi connectivity index (χ4v) is 3.58. The molecule has 0 saturated carbocycles. The minimum Gasteiger partial charge on any atom is -0.493 e. The first-order valence-electron chi connectivity index (χ1n) is 7.77. The summed E-state index contributed by atoms with van der Waals surface area (Å²) in [6.07, 6.45) is 4.27. The number of benzene rings is 1. The zero-order chi connectivity index (χ0) is 14.6. The van der Waals surface area contributed by atoms with Crippen LogP contribution in [0.4, 0.5) is 0 Å². The van der Waals surface area contributed by atoms with Gasteiger partial charge in [0.1, 0.15) is 5.75 Å². The molecule has 3 heteroatoms. The molecule has 0 aliphatic carbocycles. The molecule has 0 bridgehead atoms. The molecule has 1 fully saturated rings. The number of hydrogen-bond acceptors (Lipinski definition) is 2. The number of halogens is 1. The van der Waals surface area contributed by atoms with E-state index in [1.807, 2.05) is 12.1 Å². The van der Waals surface area contributed by atoms with Crippen molar-refractivity contribution < 1.29 is 4.74 Å². The van der Waals surface area contributed by atoms with Crippen LogP contribution in [0.15, 0.2) is 12.1 Å². The van der Waals surface area contributed by atoms with Crippen molar-refractivity contribution in [3.05, 3.63) is 28.3 Å². The van der Waals surface area contributed by atoms with Gasteiger partial charge in [0, 0.05) is 5.02 Å². The Labute approximate surface area is 127 Å². The Morgan fingerprint density at radius 3 is 2.55 bits per heavy atom. The third-order valence-electron chi connectivity index (χ3n) is 4.34. The van der Waals surface area contributed by atoms with Gasteiger partial charge in [-0.1, -0.05) is 32.4 Å². The van der Waals surface area contributed by atoms with E-state index in [4.69, 9.17) is 16.3 Å². The molecule has 1 heterocycles. The number of ether oxygens (including phenoxy) is 1. The van der Waals surface area contributed by atoms with Gasteiger partial charge in [0.2, 0.25) is 0 Å². The van der Waals surface area contributed by atoms with Crippen LogP contribution in [0.5, 0.6) is 5.75 Å².